The van der Waals surface area contributed by atoms with Crippen LogP contribution in [0.3, 0.4) is 0 Å². The lowest BCUT2D eigenvalue weighted by Crippen LogP contribution is -2.55. The van der Waals surface area contributed by atoms with Gasteiger partial charge in [0.1, 0.15) is 11.9 Å². The van der Waals surface area contributed by atoms with E-state index < -0.39 is 17.8 Å². The van der Waals surface area contributed by atoms with Crippen molar-refractivity contribution >= 4 is 11.8 Å². The second-order valence-electron chi connectivity index (χ2n) is 6.90. The number of nitrogens with zero attached hydrogens (tertiary/aromatic N) is 1. The van der Waals surface area contributed by atoms with Crippen LogP contribution in [0, 0.1) is 11.7 Å². The molecule has 2 fully saturated rings. The minimum atomic E-state index is -0.577. The molecule has 0 spiro atoms. The number of carbonyl (C=O) groups excluding carboxylic acids is 2. The fraction of sp³-hybridized carbons (Fsp3) is 0.579. The van der Waals surface area contributed by atoms with E-state index >= 15 is 0 Å². The van der Waals surface area contributed by atoms with Gasteiger partial charge in [0.2, 0.25) is 5.91 Å². The molecule has 2 amide bonds. The van der Waals surface area contributed by atoms with Gasteiger partial charge < -0.3 is 15.5 Å². The highest BCUT2D eigenvalue weighted by Gasteiger charge is 2.34. The summed E-state index contributed by atoms with van der Waals surface area (Å²) in [5.41, 5.74) is -0.00659. The van der Waals surface area contributed by atoms with Crippen molar-refractivity contribution in [3.63, 3.8) is 0 Å². The molecule has 5 nitrogen and oxygen atoms in total. The number of amides is 2. The summed E-state index contributed by atoms with van der Waals surface area (Å²) in [5, 5.41) is 6.13. The Morgan fingerprint density at radius 3 is 2.48 bits per heavy atom. The van der Waals surface area contributed by atoms with Crippen molar-refractivity contribution in [3.05, 3.63) is 35.6 Å². The summed E-state index contributed by atoms with van der Waals surface area (Å²) in [6, 6.07) is 5.32. The van der Waals surface area contributed by atoms with Crippen molar-refractivity contribution in [3.8, 4) is 0 Å². The van der Waals surface area contributed by atoms with E-state index in [0.717, 1.165) is 58.3 Å². The van der Waals surface area contributed by atoms with Gasteiger partial charge in [0, 0.05) is 13.1 Å². The first-order valence-electron chi connectivity index (χ1n) is 9.21. The molecule has 2 aliphatic heterocycles. The number of carbonyl (C=O) groups is 2. The Balaban J connectivity index is 1.76. The third-order valence-electron chi connectivity index (χ3n) is 5.19. The molecule has 1 aromatic carbocycles. The molecule has 1 unspecified atom stereocenters. The Hall–Kier alpha value is -1.95. The molecular weight excluding hydrogens is 321 g/mol. The summed E-state index contributed by atoms with van der Waals surface area (Å²) in [5.74, 6) is -0.996. The summed E-state index contributed by atoms with van der Waals surface area (Å²) in [6.45, 7) is 3.17. The molecule has 2 heterocycles. The average molecular weight is 347 g/mol. The van der Waals surface area contributed by atoms with E-state index in [0.29, 0.717) is 0 Å². The van der Waals surface area contributed by atoms with E-state index in [1.54, 1.807) is 12.1 Å². The standard InChI is InChI=1S/C19H26FN3O2/c20-16-7-3-2-6-15(16)18(24)22-17(14-8-10-21-11-9-14)19(25)23-12-4-1-5-13-23/h2-3,6-7,14,17,21H,1,4-5,8-13H2,(H,22,24). The van der Waals surface area contributed by atoms with Crippen LogP contribution in [0.2, 0.25) is 0 Å². The molecule has 136 valence electrons. The van der Waals surface area contributed by atoms with Crippen molar-refractivity contribution in [2.24, 2.45) is 5.92 Å². The van der Waals surface area contributed by atoms with Gasteiger partial charge in [-0.15, -0.1) is 0 Å². The highest BCUT2D eigenvalue weighted by Crippen LogP contribution is 2.21. The molecule has 0 bridgehead atoms. The minimum absolute atomic E-state index is 0.00659. The Morgan fingerprint density at radius 1 is 1.12 bits per heavy atom. The lowest BCUT2D eigenvalue weighted by Gasteiger charge is -2.36. The molecule has 0 radical (unpaired) electrons. The Morgan fingerprint density at radius 2 is 1.80 bits per heavy atom. The number of likely N-dealkylation sites (tertiary alicyclic amines) is 1. The number of hydrogen-bond donors (Lipinski definition) is 2. The maximum atomic E-state index is 13.9. The molecule has 3 rings (SSSR count). The lowest BCUT2D eigenvalue weighted by atomic mass is 9.88. The van der Waals surface area contributed by atoms with E-state index in [9.17, 15) is 14.0 Å². The first-order chi connectivity index (χ1) is 12.2. The zero-order valence-electron chi connectivity index (χ0n) is 14.5. The summed E-state index contributed by atoms with van der Waals surface area (Å²) in [6.07, 6.45) is 4.82. The normalized spacial score (nSPS) is 20.1. The number of benzene rings is 1. The fourth-order valence-electron chi connectivity index (χ4n) is 3.73. The van der Waals surface area contributed by atoms with Crippen LogP contribution in [-0.4, -0.2) is 48.9 Å². The van der Waals surface area contributed by atoms with Crippen LogP contribution in [-0.2, 0) is 4.79 Å². The number of hydrogen-bond acceptors (Lipinski definition) is 3. The second-order valence-corrected chi connectivity index (χ2v) is 6.90. The van der Waals surface area contributed by atoms with E-state index in [-0.39, 0.29) is 17.4 Å². The number of halogens is 1. The minimum Gasteiger partial charge on any atom is -0.341 e. The molecule has 25 heavy (non-hydrogen) atoms. The van der Waals surface area contributed by atoms with Crippen molar-refractivity contribution in [1.82, 2.24) is 15.5 Å². The van der Waals surface area contributed by atoms with Crippen molar-refractivity contribution in [1.29, 1.82) is 0 Å². The summed E-state index contributed by atoms with van der Waals surface area (Å²) >= 11 is 0. The molecule has 2 N–H and O–H groups in total. The molecule has 2 saturated heterocycles. The number of rotatable bonds is 4. The first-order valence-corrected chi connectivity index (χ1v) is 9.21. The third-order valence-corrected chi connectivity index (χ3v) is 5.19. The SMILES string of the molecule is O=C(NC(C(=O)N1CCCCC1)C1CCNCC1)c1ccccc1F. The van der Waals surface area contributed by atoms with Gasteiger partial charge >= 0.3 is 0 Å². The van der Waals surface area contributed by atoms with Crippen LogP contribution >= 0.6 is 0 Å². The van der Waals surface area contributed by atoms with E-state index in [1.807, 2.05) is 4.90 Å². The predicted molar refractivity (Wildman–Crippen MR) is 93.7 cm³/mol. The molecule has 6 heteroatoms. The third kappa shape index (κ3) is 4.37. The van der Waals surface area contributed by atoms with Gasteiger partial charge in [-0.05, 0) is 63.2 Å². The van der Waals surface area contributed by atoms with Crippen LogP contribution in [0.5, 0.6) is 0 Å². The molecule has 0 aliphatic carbocycles. The molecule has 1 aromatic rings. The maximum absolute atomic E-state index is 13.9. The van der Waals surface area contributed by atoms with E-state index in [4.69, 9.17) is 0 Å². The monoisotopic (exact) mass is 347 g/mol. The quantitative estimate of drug-likeness (QED) is 0.875. The van der Waals surface area contributed by atoms with Gasteiger partial charge in [-0.1, -0.05) is 12.1 Å². The Kier molecular flexibility index (Phi) is 6.02. The van der Waals surface area contributed by atoms with Gasteiger partial charge in [-0.3, -0.25) is 9.59 Å². The van der Waals surface area contributed by atoms with Gasteiger partial charge in [0.05, 0.1) is 5.56 Å². The molecule has 0 aromatic heterocycles. The Labute approximate surface area is 148 Å². The highest BCUT2D eigenvalue weighted by atomic mass is 19.1. The van der Waals surface area contributed by atoms with Crippen LogP contribution in [0.25, 0.3) is 0 Å². The van der Waals surface area contributed by atoms with Crippen molar-refractivity contribution in [2.45, 2.75) is 38.1 Å². The Bertz CT molecular complexity index is 610. The van der Waals surface area contributed by atoms with Gasteiger partial charge in [0.15, 0.2) is 0 Å². The van der Waals surface area contributed by atoms with Crippen molar-refractivity contribution in [2.75, 3.05) is 26.2 Å². The van der Waals surface area contributed by atoms with E-state index in [1.165, 1.54) is 12.1 Å². The largest absolute Gasteiger partial charge is 0.341 e. The fourth-order valence-corrected chi connectivity index (χ4v) is 3.73. The number of piperidine rings is 2. The smallest absolute Gasteiger partial charge is 0.254 e. The van der Waals surface area contributed by atoms with Crippen LogP contribution in [0.1, 0.15) is 42.5 Å². The molecular formula is C19H26FN3O2. The van der Waals surface area contributed by atoms with Crippen molar-refractivity contribution < 1.29 is 14.0 Å². The van der Waals surface area contributed by atoms with Gasteiger partial charge in [0.25, 0.3) is 5.91 Å². The zero-order chi connectivity index (χ0) is 17.6. The second kappa shape index (κ2) is 8.43. The highest BCUT2D eigenvalue weighted by molar-refractivity contribution is 5.97. The molecule has 0 saturated carbocycles. The van der Waals surface area contributed by atoms with Crippen LogP contribution in [0.4, 0.5) is 4.39 Å². The van der Waals surface area contributed by atoms with E-state index in [2.05, 4.69) is 10.6 Å². The van der Waals surface area contributed by atoms with Crippen LogP contribution in [0.15, 0.2) is 24.3 Å². The number of nitrogens with one attached hydrogen (secondary N) is 2. The molecule has 1 atom stereocenters. The predicted octanol–water partition coefficient (Wildman–Crippen LogP) is 1.94. The van der Waals surface area contributed by atoms with Gasteiger partial charge in [-0.2, -0.15) is 0 Å². The lowest BCUT2D eigenvalue weighted by molar-refractivity contribution is -0.135. The average Bonchev–Trinajstić information content (AvgIpc) is 2.67. The summed E-state index contributed by atoms with van der Waals surface area (Å²) in [7, 11) is 0. The van der Waals surface area contributed by atoms with Crippen LogP contribution < -0.4 is 10.6 Å². The van der Waals surface area contributed by atoms with Gasteiger partial charge in [-0.25, -0.2) is 4.39 Å². The topological polar surface area (TPSA) is 61.4 Å². The maximum Gasteiger partial charge on any atom is 0.254 e. The summed E-state index contributed by atoms with van der Waals surface area (Å²) < 4.78 is 13.9. The zero-order valence-corrected chi connectivity index (χ0v) is 14.5. The molecule has 2 aliphatic rings. The summed E-state index contributed by atoms with van der Waals surface area (Å²) in [4.78, 5) is 27.5. The first kappa shape index (κ1) is 17.9.